The van der Waals surface area contributed by atoms with Crippen LogP contribution in [0.5, 0.6) is 0 Å². The molecule has 0 bridgehead atoms. The smallest absolute Gasteiger partial charge is 0.264 e. The lowest BCUT2D eigenvalue weighted by atomic mass is 10.2. The van der Waals surface area contributed by atoms with Crippen molar-refractivity contribution in [1.82, 2.24) is 5.43 Å². The second kappa shape index (κ2) is 9.42. The zero-order valence-corrected chi connectivity index (χ0v) is 18.8. The first-order valence-electron chi connectivity index (χ1n) is 9.00. The molecule has 0 fully saturated rings. The fourth-order valence-electron chi connectivity index (χ4n) is 2.74. The number of anilines is 1. The first-order valence-corrected chi connectivity index (χ1v) is 11.7. The van der Waals surface area contributed by atoms with Gasteiger partial charge in [0.05, 0.1) is 16.3 Å². The molecular formula is C21H20ClN3O3S2. The van der Waals surface area contributed by atoms with Gasteiger partial charge in [0.25, 0.3) is 15.9 Å². The molecule has 9 heteroatoms. The molecule has 1 heterocycles. The summed E-state index contributed by atoms with van der Waals surface area (Å²) >= 11 is 7.70. The average Bonchev–Trinajstić information content (AvgIpc) is 3.28. The van der Waals surface area contributed by atoms with E-state index in [2.05, 4.69) is 10.5 Å². The third-order valence-corrected chi connectivity index (χ3v) is 7.51. The van der Waals surface area contributed by atoms with Crippen LogP contribution in [0.1, 0.15) is 17.4 Å². The van der Waals surface area contributed by atoms with Crippen LogP contribution < -0.4 is 9.73 Å². The highest BCUT2D eigenvalue weighted by Gasteiger charge is 2.28. The molecular weight excluding hydrogens is 442 g/mol. The number of nitrogens with one attached hydrogen (secondary N) is 1. The van der Waals surface area contributed by atoms with Crippen molar-refractivity contribution >= 4 is 50.3 Å². The summed E-state index contributed by atoms with van der Waals surface area (Å²) in [6.45, 7) is 3.04. The fourth-order valence-corrected chi connectivity index (χ4v) is 5.08. The number of rotatable bonds is 7. The highest BCUT2D eigenvalue weighted by atomic mass is 35.5. The summed E-state index contributed by atoms with van der Waals surface area (Å²) in [6.07, 6.45) is 0. The first kappa shape index (κ1) is 22.0. The number of amides is 1. The van der Waals surface area contributed by atoms with Gasteiger partial charge >= 0.3 is 0 Å². The highest BCUT2D eigenvalue weighted by Crippen LogP contribution is 2.30. The van der Waals surface area contributed by atoms with E-state index in [9.17, 15) is 13.2 Å². The van der Waals surface area contributed by atoms with Gasteiger partial charge in [-0.15, -0.1) is 11.3 Å². The number of nitrogens with zero attached hydrogens (tertiary/aromatic N) is 2. The van der Waals surface area contributed by atoms with Crippen molar-refractivity contribution in [1.29, 1.82) is 0 Å². The van der Waals surface area contributed by atoms with E-state index in [0.29, 0.717) is 22.0 Å². The highest BCUT2D eigenvalue weighted by molar-refractivity contribution is 7.92. The summed E-state index contributed by atoms with van der Waals surface area (Å²) < 4.78 is 27.7. The molecule has 0 saturated carbocycles. The van der Waals surface area contributed by atoms with E-state index in [0.717, 1.165) is 9.18 Å². The van der Waals surface area contributed by atoms with Crippen molar-refractivity contribution in [3.05, 3.63) is 81.5 Å². The number of hydrazone groups is 1. The number of sulfonamides is 1. The molecule has 0 aliphatic heterocycles. The van der Waals surface area contributed by atoms with Gasteiger partial charge in [0.2, 0.25) is 0 Å². The normalized spacial score (nSPS) is 11.9. The molecule has 0 aliphatic carbocycles. The Morgan fingerprint density at radius 1 is 1.10 bits per heavy atom. The Labute approximate surface area is 184 Å². The van der Waals surface area contributed by atoms with Crippen LogP contribution >= 0.6 is 22.9 Å². The van der Waals surface area contributed by atoms with Crippen molar-refractivity contribution < 1.29 is 13.2 Å². The Bertz CT molecular complexity index is 1160. The maximum absolute atomic E-state index is 13.3. The number of halogens is 1. The van der Waals surface area contributed by atoms with Crippen LogP contribution in [0, 0.1) is 6.92 Å². The van der Waals surface area contributed by atoms with E-state index in [1.165, 1.54) is 23.5 Å². The van der Waals surface area contributed by atoms with Crippen molar-refractivity contribution in [3.63, 3.8) is 0 Å². The largest absolute Gasteiger partial charge is 0.271 e. The minimum atomic E-state index is -4.00. The zero-order valence-electron chi connectivity index (χ0n) is 16.4. The molecule has 2 aromatic carbocycles. The van der Waals surface area contributed by atoms with Gasteiger partial charge in [-0.1, -0.05) is 41.9 Å². The number of carbonyl (C=O) groups excluding carboxylic acids is 1. The monoisotopic (exact) mass is 461 g/mol. The molecule has 1 aromatic heterocycles. The Balaban J connectivity index is 1.93. The third-order valence-electron chi connectivity index (χ3n) is 4.35. The van der Waals surface area contributed by atoms with Gasteiger partial charge in [0.15, 0.2) is 0 Å². The van der Waals surface area contributed by atoms with Crippen molar-refractivity contribution in [2.45, 2.75) is 18.7 Å². The molecule has 1 amide bonds. The maximum atomic E-state index is 13.3. The molecule has 0 spiro atoms. The Morgan fingerprint density at radius 2 is 1.83 bits per heavy atom. The van der Waals surface area contributed by atoms with E-state index < -0.39 is 22.5 Å². The number of benzene rings is 2. The molecule has 0 aliphatic rings. The third kappa shape index (κ3) is 4.89. The number of carbonyl (C=O) groups is 1. The maximum Gasteiger partial charge on any atom is 0.264 e. The second-order valence-corrected chi connectivity index (χ2v) is 9.64. The van der Waals surface area contributed by atoms with Gasteiger partial charge in [-0.2, -0.15) is 5.10 Å². The molecule has 0 unspecified atom stereocenters. The molecule has 156 valence electrons. The van der Waals surface area contributed by atoms with Crippen molar-refractivity contribution in [3.8, 4) is 0 Å². The van der Waals surface area contributed by atoms with Crippen molar-refractivity contribution in [2.75, 3.05) is 10.8 Å². The van der Waals surface area contributed by atoms with Crippen LogP contribution in [-0.2, 0) is 14.8 Å². The van der Waals surface area contributed by atoms with Gasteiger partial charge in [-0.05, 0) is 55.1 Å². The summed E-state index contributed by atoms with van der Waals surface area (Å²) in [7, 11) is -4.00. The Kier molecular flexibility index (Phi) is 6.91. The standard InChI is InChI=1S/C21H20ClN3O3S2/c1-15-18(22)10-6-11-19(15)25(30(27,28)17-8-4-3-5-9-17)14-21(26)24-23-16(2)20-12-7-13-29-20/h3-13H,14H2,1-2H3,(H,24,26)/b23-16-. The van der Waals surface area contributed by atoms with E-state index in [-0.39, 0.29) is 4.90 Å². The van der Waals surface area contributed by atoms with Gasteiger partial charge in [0, 0.05) is 9.90 Å². The molecule has 1 N–H and O–H groups in total. The average molecular weight is 462 g/mol. The number of hydrogen-bond acceptors (Lipinski definition) is 5. The summed E-state index contributed by atoms with van der Waals surface area (Å²) in [5.41, 5.74) is 3.97. The predicted octanol–water partition coefficient (Wildman–Crippen LogP) is 4.45. The lowest BCUT2D eigenvalue weighted by Gasteiger charge is -2.25. The lowest BCUT2D eigenvalue weighted by Crippen LogP contribution is -2.40. The van der Waals surface area contributed by atoms with Gasteiger partial charge < -0.3 is 0 Å². The van der Waals surface area contributed by atoms with Crippen LogP contribution in [0.15, 0.2) is 76.0 Å². The van der Waals surface area contributed by atoms with Crippen LogP contribution in [-0.4, -0.2) is 26.6 Å². The number of thiophene rings is 1. The topological polar surface area (TPSA) is 78.8 Å². The van der Waals surface area contributed by atoms with E-state index in [4.69, 9.17) is 11.6 Å². The lowest BCUT2D eigenvalue weighted by molar-refractivity contribution is -0.119. The van der Waals surface area contributed by atoms with Crippen LogP contribution in [0.2, 0.25) is 5.02 Å². The van der Waals surface area contributed by atoms with Gasteiger partial charge in [-0.25, -0.2) is 13.8 Å². The van der Waals surface area contributed by atoms with E-state index in [1.54, 1.807) is 50.2 Å². The second-order valence-electron chi connectivity index (χ2n) is 6.42. The predicted molar refractivity (Wildman–Crippen MR) is 122 cm³/mol. The quantitative estimate of drug-likeness (QED) is 0.417. The molecule has 0 atom stereocenters. The minimum Gasteiger partial charge on any atom is -0.271 e. The summed E-state index contributed by atoms with van der Waals surface area (Å²) in [6, 6.07) is 16.7. The van der Waals surface area contributed by atoms with Gasteiger partial charge in [0.1, 0.15) is 6.54 Å². The first-order chi connectivity index (χ1) is 14.3. The summed E-state index contributed by atoms with van der Waals surface area (Å²) in [5.74, 6) is -0.565. The van der Waals surface area contributed by atoms with Gasteiger partial charge in [-0.3, -0.25) is 9.10 Å². The molecule has 3 aromatic rings. The Hall–Kier alpha value is -2.68. The van der Waals surface area contributed by atoms with Crippen molar-refractivity contribution in [2.24, 2.45) is 5.10 Å². The molecule has 30 heavy (non-hydrogen) atoms. The minimum absolute atomic E-state index is 0.0791. The van der Waals surface area contributed by atoms with Crippen LogP contribution in [0.25, 0.3) is 0 Å². The molecule has 3 rings (SSSR count). The summed E-state index contributed by atoms with van der Waals surface area (Å²) in [5, 5.41) is 6.41. The molecule has 6 nitrogen and oxygen atoms in total. The SMILES string of the molecule is C/C(=N/NC(=O)CN(c1cccc(Cl)c1C)S(=O)(=O)c1ccccc1)c1cccs1. The molecule has 0 saturated heterocycles. The molecule has 0 radical (unpaired) electrons. The number of hydrogen-bond donors (Lipinski definition) is 1. The Morgan fingerprint density at radius 3 is 2.50 bits per heavy atom. The van der Waals surface area contributed by atoms with E-state index >= 15 is 0 Å². The summed E-state index contributed by atoms with van der Waals surface area (Å²) in [4.78, 5) is 13.6. The fraction of sp³-hybridized carbons (Fsp3) is 0.143. The van der Waals surface area contributed by atoms with Crippen LogP contribution in [0.4, 0.5) is 5.69 Å². The zero-order chi connectivity index (χ0) is 21.7. The van der Waals surface area contributed by atoms with Crippen LogP contribution in [0.3, 0.4) is 0 Å². The van der Waals surface area contributed by atoms with E-state index in [1.807, 2.05) is 17.5 Å².